The van der Waals surface area contributed by atoms with Crippen molar-refractivity contribution >= 4 is 5.91 Å². The molecule has 2 atom stereocenters. The molecule has 2 unspecified atom stereocenters. The third-order valence-electron chi connectivity index (χ3n) is 3.97. The predicted octanol–water partition coefficient (Wildman–Crippen LogP) is 2.18. The van der Waals surface area contributed by atoms with Crippen molar-refractivity contribution in [3.63, 3.8) is 0 Å². The normalized spacial score (nSPS) is 21.2. The third kappa shape index (κ3) is 4.32. The number of ether oxygens (including phenoxy) is 1. The zero-order valence-corrected chi connectivity index (χ0v) is 13.1. The number of hydrogen-bond acceptors (Lipinski definition) is 4. The number of aryl methyl sites for hydroxylation is 2. The SMILES string of the molecule is Cc1cc(C(C)(O)CNC(=O)CCC2CCCO2)c(C)o1. The topological polar surface area (TPSA) is 71.7 Å². The first-order chi connectivity index (χ1) is 9.88. The average Bonchev–Trinajstić information content (AvgIpc) is 3.04. The lowest BCUT2D eigenvalue weighted by Crippen LogP contribution is -2.38. The first-order valence-electron chi connectivity index (χ1n) is 7.56. The highest BCUT2D eigenvalue weighted by molar-refractivity contribution is 5.76. The van der Waals surface area contributed by atoms with Crippen LogP contribution in [0.25, 0.3) is 0 Å². The van der Waals surface area contributed by atoms with E-state index in [1.807, 2.05) is 19.9 Å². The monoisotopic (exact) mass is 295 g/mol. The molecule has 0 spiro atoms. The van der Waals surface area contributed by atoms with Crippen molar-refractivity contribution < 1.29 is 19.1 Å². The Morgan fingerprint density at radius 2 is 2.29 bits per heavy atom. The van der Waals surface area contributed by atoms with Crippen LogP contribution in [0.3, 0.4) is 0 Å². The first kappa shape index (κ1) is 16.0. The molecule has 5 nitrogen and oxygen atoms in total. The van der Waals surface area contributed by atoms with E-state index in [1.165, 1.54) is 0 Å². The van der Waals surface area contributed by atoms with Crippen molar-refractivity contribution in [1.82, 2.24) is 5.32 Å². The lowest BCUT2D eigenvalue weighted by Gasteiger charge is -2.23. The van der Waals surface area contributed by atoms with E-state index in [2.05, 4.69) is 5.32 Å². The van der Waals surface area contributed by atoms with Crippen LogP contribution in [0.1, 0.15) is 49.7 Å². The number of nitrogens with one attached hydrogen (secondary N) is 1. The lowest BCUT2D eigenvalue weighted by molar-refractivity contribution is -0.122. The Bertz CT molecular complexity index is 486. The van der Waals surface area contributed by atoms with E-state index in [1.54, 1.807) is 6.92 Å². The summed E-state index contributed by atoms with van der Waals surface area (Å²) in [6.45, 7) is 6.32. The Kier molecular flexibility index (Phi) is 5.06. The van der Waals surface area contributed by atoms with E-state index in [-0.39, 0.29) is 18.6 Å². The quantitative estimate of drug-likeness (QED) is 0.844. The minimum Gasteiger partial charge on any atom is -0.466 e. The van der Waals surface area contributed by atoms with Gasteiger partial charge in [-0.15, -0.1) is 0 Å². The van der Waals surface area contributed by atoms with Gasteiger partial charge in [-0.3, -0.25) is 4.79 Å². The zero-order chi connectivity index (χ0) is 15.5. The van der Waals surface area contributed by atoms with Crippen LogP contribution < -0.4 is 5.32 Å². The van der Waals surface area contributed by atoms with E-state index < -0.39 is 5.60 Å². The van der Waals surface area contributed by atoms with Crippen LogP contribution in [0.2, 0.25) is 0 Å². The molecule has 21 heavy (non-hydrogen) atoms. The highest BCUT2D eigenvalue weighted by atomic mass is 16.5. The summed E-state index contributed by atoms with van der Waals surface area (Å²) in [6.07, 6.45) is 3.52. The van der Waals surface area contributed by atoms with Gasteiger partial charge in [-0.05, 0) is 46.1 Å². The molecular weight excluding hydrogens is 270 g/mol. The van der Waals surface area contributed by atoms with Crippen LogP contribution in [-0.2, 0) is 15.1 Å². The second kappa shape index (κ2) is 6.62. The van der Waals surface area contributed by atoms with Gasteiger partial charge in [0, 0.05) is 18.6 Å². The molecule has 2 N–H and O–H groups in total. The summed E-state index contributed by atoms with van der Waals surface area (Å²) in [4.78, 5) is 11.9. The van der Waals surface area contributed by atoms with Gasteiger partial charge in [-0.25, -0.2) is 0 Å². The van der Waals surface area contributed by atoms with Crippen LogP contribution >= 0.6 is 0 Å². The van der Waals surface area contributed by atoms with Gasteiger partial charge in [0.1, 0.15) is 17.1 Å². The molecule has 1 fully saturated rings. The van der Waals surface area contributed by atoms with Gasteiger partial charge >= 0.3 is 0 Å². The minimum absolute atomic E-state index is 0.0522. The molecule has 0 bridgehead atoms. The fourth-order valence-electron chi connectivity index (χ4n) is 2.78. The summed E-state index contributed by atoms with van der Waals surface area (Å²) in [7, 11) is 0. The molecule has 2 heterocycles. The van der Waals surface area contributed by atoms with Crippen molar-refractivity contribution in [3.8, 4) is 0 Å². The van der Waals surface area contributed by atoms with E-state index >= 15 is 0 Å². The smallest absolute Gasteiger partial charge is 0.220 e. The fourth-order valence-corrected chi connectivity index (χ4v) is 2.78. The second-order valence-corrected chi connectivity index (χ2v) is 6.05. The first-order valence-corrected chi connectivity index (χ1v) is 7.56. The number of carbonyl (C=O) groups is 1. The van der Waals surface area contributed by atoms with E-state index in [9.17, 15) is 9.90 Å². The van der Waals surface area contributed by atoms with E-state index in [0.29, 0.717) is 12.2 Å². The van der Waals surface area contributed by atoms with E-state index in [0.717, 1.165) is 37.2 Å². The summed E-state index contributed by atoms with van der Waals surface area (Å²) < 4.78 is 10.9. The van der Waals surface area contributed by atoms with Crippen molar-refractivity contribution in [2.24, 2.45) is 0 Å². The van der Waals surface area contributed by atoms with Gasteiger partial charge < -0.3 is 19.6 Å². The maximum atomic E-state index is 11.9. The lowest BCUT2D eigenvalue weighted by atomic mass is 9.96. The fraction of sp³-hybridized carbons (Fsp3) is 0.688. The largest absolute Gasteiger partial charge is 0.466 e. The van der Waals surface area contributed by atoms with Gasteiger partial charge in [-0.1, -0.05) is 0 Å². The minimum atomic E-state index is -1.12. The Morgan fingerprint density at radius 1 is 1.52 bits per heavy atom. The molecule has 5 heteroatoms. The second-order valence-electron chi connectivity index (χ2n) is 6.05. The van der Waals surface area contributed by atoms with Crippen molar-refractivity contribution in [3.05, 3.63) is 23.2 Å². The van der Waals surface area contributed by atoms with Gasteiger partial charge in [0.15, 0.2) is 0 Å². The summed E-state index contributed by atoms with van der Waals surface area (Å²) in [5, 5.41) is 13.3. The zero-order valence-electron chi connectivity index (χ0n) is 13.1. The Balaban J connectivity index is 1.80. The molecule has 118 valence electrons. The number of carbonyl (C=O) groups excluding carboxylic acids is 1. The maximum Gasteiger partial charge on any atom is 0.220 e. The van der Waals surface area contributed by atoms with Gasteiger partial charge in [0.05, 0.1) is 12.6 Å². The average molecular weight is 295 g/mol. The molecule has 1 saturated heterocycles. The van der Waals surface area contributed by atoms with Crippen LogP contribution in [0.15, 0.2) is 10.5 Å². The highest BCUT2D eigenvalue weighted by Crippen LogP contribution is 2.26. The summed E-state index contributed by atoms with van der Waals surface area (Å²) >= 11 is 0. The Labute approximate surface area is 125 Å². The van der Waals surface area contributed by atoms with Crippen LogP contribution in [0.5, 0.6) is 0 Å². The Hall–Kier alpha value is -1.33. The molecule has 0 radical (unpaired) electrons. The van der Waals surface area contributed by atoms with Crippen LogP contribution in [0, 0.1) is 13.8 Å². The number of rotatable bonds is 6. The summed E-state index contributed by atoms with van der Waals surface area (Å²) in [6, 6.07) is 1.81. The van der Waals surface area contributed by atoms with Gasteiger partial charge in [0.25, 0.3) is 0 Å². The van der Waals surface area contributed by atoms with Crippen molar-refractivity contribution in [2.45, 2.75) is 58.2 Å². The molecule has 2 rings (SSSR count). The van der Waals surface area contributed by atoms with Gasteiger partial charge in [0.2, 0.25) is 5.91 Å². The molecular formula is C16H25NO4. The molecule has 1 aromatic heterocycles. The molecule has 1 aliphatic rings. The highest BCUT2D eigenvalue weighted by Gasteiger charge is 2.28. The molecule has 1 aliphatic heterocycles. The number of amides is 1. The standard InChI is InChI=1S/C16H25NO4/c1-11-9-14(12(2)21-11)16(3,19)10-17-15(18)7-6-13-5-4-8-20-13/h9,13,19H,4-8,10H2,1-3H3,(H,17,18). The molecule has 0 aromatic carbocycles. The summed E-state index contributed by atoms with van der Waals surface area (Å²) in [5.41, 5.74) is -0.402. The van der Waals surface area contributed by atoms with E-state index in [4.69, 9.17) is 9.15 Å². The molecule has 0 saturated carbocycles. The summed E-state index contributed by atoms with van der Waals surface area (Å²) in [5.74, 6) is 1.39. The molecule has 1 amide bonds. The number of aliphatic hydroxyl groups is 1. The Morgan fingerprint density at radius 3 is 2.86 bits per heavy atom. The molecule has 0 aliphatic carbocycles. The van der Waals surface area contributed by atoms with Crippen molar-refractivity contribution in [1.29, 1.82) is 0 Å². The van der Waals surface area contributed by atoms with Gasteiger partial charge in [-0.2, -0.15) is 0 Å². The van der Waals surface area contributed by atoms with Crippen LogP contribution in [-0.4, -0.2) is 30.3 Å². The van der Waals surface area contributed by atoms with Crippen molar-refractivity contribution in [2.75, 3.05) is 13.2 Å². The maximum absolute atomic E-state index is 11.9. The number of hydrogen-bond donors (Lipinski definition) is 2. The molecule has 1 aromatic rings. The predicted molar refractivity (Wildman–Crippen MR) is 79.0 cm³/mol. The van der Waals surface area contributed by atoms with Crippen LogP contribution in [0.4, 0.5) is 0 Å². The number of furan rings is 1. The third-order valence-corrected chi connectivity index (χ3v) is 3.97.